The third-order valence-electron chi connectivity index (χ3n) is 3.36. The summed E-state index contributed by atoms with van der Waals surface area (Å²) in [6.07, 6.45) is 0. The molecule has 2 aromatic rings. The molecule has 2 aromatic carbocycles. The van der Waals surface area contributed by atoms with Crippen molar-refractivity contribution >= 4 is 21.7 Å². The Morgan fingerprint density at radius 1 is 1.00 bits per heavy atom. The molecule has 0 radical (unpaired) electrons. The van der Waals surface area contributed by atoms with Crippen molar-refractivity contribution in [3.8, 4) is 17.2 Å². The van der Waals surface area contributed by atoms with Crippen LogP contribution in [0.25, 0.3) is 0 Å². The van der Waals surface area contributed by atoms with E-state index in [2.05, 4.69) is 4.72 Å². The van der Waals surface area contributed by atoms with E-state index in [0.717, 1.165) is 0 Å². The van der Waals surface area contributed by atoms with Gasteiger partial charge in [-0.2, -0.15) is 0 Å². The summed E-state index contributed by atoms with van der Waals surface area (Å²) in [5, 5.41) is 9.40. The van der Waals surface area contributed by atoms with Crippen LogP contribution >= 0.6 is 0 Å². The van der Waals surface area contributed by atoms with Gasteiger partial charge in [0.2, 0.25) is 0 Å². The second-order valence-electron chi connectivity index (χ2n) is 4.81. The van der Waals surface area contributed by atoms with Crippen LogP contribution in [0.5, 0.6) is 17.2 Å². The summed E-state index contributed by atoms with van der Waals surface area (Å²) >= 11 is 0. The maximum absolute atomic E-state index is 12.7. The molecular weight excluding hydrogens is 350 g/mol. The highest BCUT2D eigenvalue weighted by Crippen LogP contribution is 2.36. The predicted molar refractivity (Wildman–Crippen MR) is 90.3 cm³/mol. The topological polar surface area (TPSA) is 111 Å². The van der Waals surface area contributed by atoms with E-state index in [9.17, 15) is 18.3 Å². The molecule has 0 amide bonds. The molecule has 0 bridgehead atoms. The molecule has 8 nitrogen and oxygen atoms in total. The van der Waals surface area contributed by atoms with Crippen molar-refractivity contribution in [1.82, 2.24) is 0 Å². The van der Waals surface area contributed by atoms with Gasteiger partial charge in [0.05, 0.1) is 26.9 Å². The van der Waals surface area contributed by atoms with Crippen LogP contribution in [0, 0.1) is 0 Å². The molecule has 0 spiro atoms. The molecular formula is C16H17NO7S. The zero-order chi connectivity index (χ0) is 18.6. The Labute approximate surface area is 145 Å². The van der Waals surface area contributed by atoms with Crippen LogP contribution in [0.2, 0.25) is 0 Å². The first-order valence-corrected chi connectivity index (χ1v) is 8.47. The van der Waals surface area contributed by atoms with Gasteiger partial charge in [-0.1, -0.05) is 12.1 Å². The molecule has 0 saturated heterocycles. The number of carboxylic acids is 1. The maximum Gasteiger partial charge on any atom is 0.338 e. The maximum atomic E-state index is 12.7. The first kappa shape index (κ1) is 18.4. The number of anilines is 1. The predicted octanol–water partition coefficient (Wildman–Crippen LogP) is 2.21. The van der Waals surface area contributed by atoms with Gasteiger partial charge in [0.1, 0.15) is 27.8 Å². The molecule has 0 aliphatic carbocycles. The summed E-state index contributed by atoms with van der Waals surface area (Å²) in [4.78, 5) is 11.4. The average Bonchev–Trinajstić information content (AvgIpc) is 2.61. The monoisotopic (exact) mass is 367 g/mol. The number of methoxy groups -OCH3 is 3. The smallest absolute Gasteiger partial charge is 0.338 e. The third-order valence-corrected chi connectivity index (χ3v) is 4.75. The summed E-state index contributed by atoms with van der Waals surface area (Å²) in [6, 6.07) is 8.56. The van der Waals surface area contributed by atoms with Gasteiger partial charge >= 0.3 is 5.97 Å². The molecule has 0 aliphatic rings. The number of ether oxygens (including phenoxy) is 3. The first-order chi connectivity index (χ1) is 11.8. The Bertz CT molecular complexity index is 893. The largest absolute Gasteiger partial charge is 0.497 e. The van der Waals surface area contributed by atoms with Crippen molar-refractivity contribution in [3.63, 3.8) is 0 Å². The van der Waals surface area contributed by atoms with E-state index in [1.54, 1.807) is 6.07 Å². The SMILES string of the molecule is COc1cc(OC)c(NS(=O)(=O)c2ccccc2OC)c(C(=O)O)c1. The van der Waals surface area contributed by atoms with Gasteiger partial charge in [-0.3, -0.25) is 4.72 Å². The van der Waals surface area contributed by atoms with E-state index in [-0.39, 0.29) is 33.4 Å². The van der Waals surface area contributed by atoms with E-state index in [1.807, 2.05) is 0 Å². The van der Waals surface area contributed by atoms with E-state index in [0.29, 0.717) is 0 Å². The molecule has 0 aliphatic heterocycles. The van der Waals surface area contributed by atoms with Crippen LogP contribution in [0.3, 0.4) is 0 Å². The fraction of sp³-hybridized carbons (Fsp3) is 0.188. The molecule has 25 heavy (non-hydrogen) atoms. The Hall–Kier alpha value is -2.94. The summed E-state index contributed by atoms with van der Waals surface area (Å²) in [6.45, 7) is 0. The third kappa shape index (κ3) is 3.77. The number of benzene rings is 2. The highest BCUT2D eigenvalue weighted by Gasteiger charge is 2.25. The number of hydrogen-bond acceptors (Lipinski definition) is 6. The molecule has 0 heterocycles. The minimum absolute atomic E-state index is 0.00947. The average molecular weight is 367 g/mol. The molecule has 134 valence electrons. The lowest BCUT2D eigenvalue weighted by Gasteiger charge is -2.16. The van der Waals surface area contributed by atoms with Crippen molar-refractivity contribution in [3.05, 3.63) is 42.0 Å². The van der Waals surface area contributed by atoms with Gasteiger partial charge in [0, 0.05) is 6.07 Å². The lowest BCUT2D eigenvalue weighted by molar-refractivity contribution is 0.0697. The first-order valence-electron chi connectivity index (χ1n) is 6.99. The second kappa shape index (κ2) is 7.31. The number of aromatic carboxylic acids is 1. The fourth-order valence-electron chi connectivity index (χ4n) is 2.17. The normalized spacial score (nSPS) is 10.8. The minimum Gasteiger partial charge on any atom is -0.497 e. The number of sulfonamides is 1. The summed E-state index contributed by atoms with van der Waals surface area (Å²) in [5.41, 5.74) is -0.517. The highest BCUT2D eigenvalue weighted by molar-refractivity contribution is 7.92. The Morgan fingerprint density at radius 3 is 2.20 bits per heavy atom. The van der Waals surface area contributed by atoms with E-state index in [4.69, 9.17) is 14.2 Å². The number of hydrogen-bond donors (Lipinski definition) is 2. The van der Waals surface area contributed by atoms with Crippen LogP contribution in [-0.4, -0.2) is 40.8 Å². The van der Waals surface area contributed by atoms with Crippen LogP contribution < -0.4 is 18.9 Å². The Morgan fingerprint density at radius 2 is 1.64 bits per heavy atom. The van der Waals surface area contributed by atoms with Gasteiger partial charge in [0.15, 0.2) is 0 Å². The van der Waals surface area contributed by atoms with E-state index < -0.39 is 16.0 Å². The van der Waals surface area contributed by atoms with Crippen molar-refractivity contribution < 1.29 is 32.5 Å². The van der Waals surface area contributed by atoms with Crippen molar-refractivity contribution in [2.45, 2.75) is 4.90 Å². The molecule has 0 fully saturated rings. The van der Waals surface area contributed by atoms with Crippen LogP contribution in [0.1, 0.15) is 10.4 Å². The van der Waals surface area contributed by atoms with Crippen LogP contribution in [0.4, 0.5) is 5.69 Å². The number of carboxylic acid groups (broad SMARTS) is 1. The van der Waals surface area contributed by atoms with Crippen molar-refractivity contribution in [2.24, 2.45) is 0 Å². The lowest BCUT2D eigenvalue weighted by atomic mass is 10.1. The summed E-state index contributed by atoms with van der Waals surface area (Å²) in [7, 11) is -0.132. The molecule has 9 heteroatoms. The number of nitrogens with one attached hydrogen (secondary N) is 1. The van der Waals surface area contributed by atoms with Crippen LogP contribution in [-0.2, 0) is 10.0 Å². The Balaban J connectivity index is 2.60. The zero-order valence-corrected chi connectivity index (χ0v) is 14.6. The van der Waals surface area contributed by atoms with Crippen molar-refractivity contribution in [1.29, 1.82) is 0 Å². The molecule has 0 unspecified atom stereocenters. The second-order valence-corrected chi connectivity index (χ2v) is 6.46. The molecule has 0 saturated carbocycles. The highest BCUT2D eigenvalue weighted by atomic mass is 32.2. The molecule has 0 aromatic heterocycles. The zero-order valence-electron chi connectivity index (χ0n) is 13.8. The van der Waals surface area contributed by atoms with E-state index >= 15 is 0 Å². The standard InChI is InChI=1S/C16H17NO7S/c1-22-10-8-11(16(18)19)15(13(9-10)24-3)17-25(20,21)14-7-5-4-6-12(14)23-2/h4-9,17H,1-3H3,(H,18,19). The van der Waals surface area contributed by atoms with Crippen molar-refractivity contribution in [2.75, 3.05) is 26.1 Å². The molecule has 2 N–H and O–H groups in total. The number of rotatable bonds is 7. The van der Waals surface area contributed by atoms with Gasteiger partial charge < -0.3 is 19.3 Å². The lowest BCUT2D eigenvalue weighted by Crippen LogP contribution is -2.17. The minimum atomic E-state index is -4.12. The summed E-state index contributed by atoms with van der Waals surface area (Å²) in [5.74, 6) is -0.987. The van der Waals surface area contributed by atoms with Gasteiger partial charge in [0.25, 0.3) is 10.0 Å². The quantitative estimate of drug-likeness (QED) is 0.772. The van der Waals surface area contributed by atoms with Gasteiger partial charge in [-0.15, -0.1) is 0 Å². The number of carbonyl (C=O) groups is 1. The summed E-state index contributed by atoms with van der Waals surface area (Å²) < 4.78 is 42.9. The van der Waals surface area contributed by atoms with E-state index in [1.165, 1.54) is 51.7 Å². The molecule has 2 rings (SSSR count). The Kier molecular flexibility index (Phi) is 5.38. The van der Waals surface area contributed by atoms with Gasteiger partial charge in [-0.05, 0) is 18.2 Å². The fourth-order valence-corrected chi connectivity index (χ4v) is 3.44. The molecule has 0 atom stereocenters. The van der Waals surface area contributed by atoms with Crippen LogP contribution in [0.15, 0.2) is 41.3 Å². The van der Waals surface area contributed by atoms with Gasteiger partial charge in [-0.25, -0.2) is 13.2 Å². The number of para-hydroxylation sites is 1.